The van der Waals surface area contributed by atoms with Crippen LogP contribution in [0.4, 0.5) is 5.69 Å². The monoisotopic (exact) mass is 342 g/mol. The zero-order valence-corrected chi connectivity index (χ0v) is 13.1. The number of hydrogen-bond donors (Lipinski definition) is 1. The number of likely N-dealkylation sites (N-methyl/N-ethyl adjacent to an activating group) is 1. The van der Waals surface area contributed by atoms with Gasteiger partial charge in [0.1, 0.15) is 4.47 Å². The molecule has 2 rings (SSSR count). The van der Waals surface area contributed by atoms with Crippen LogP contribution < -0.4 is 15.8 Å². The second-order valence-corrected chi connectivity index (χ2v) is 5.49. The third-order valence-corrected chi connectivity index (χ3v) is 3.91. The highest BCUT2D eigenvalue weighted by atomic mass is 79.9. The van der Waals surface area contributed by atoms with E-state index < -0.39 is 0 Å². The maximum Gasteiger partial charge on any atom is 0.283 e. The summed E-state index contributed by atoms with van der Waals surface area (Å²) in [6, 6.07) is 0. The van der Waals surface area contributed by atoms with E-state index in [1.54, 1.807) is 12.3 Å². The van der Waals surface area contributed by atoms with Crippen LogP contribution in [0.25, 0.3) is 0 Å². The van der Waals surface area contributed by atoms with E-state index in [0.717, 1.165) is 25.4 Å². The van der Waals surface area contributed by atoms with Crippen molar-refractivity contribution in [1.82, 2.24) is 15.1 Å². The largest absolute Gasteiger partial charge is 0.374 e. The Kier molecular flexibility index (Phi) is 5.33. The van der Waals surface area contributed by atoms with Crippen LogP contribution in [0.1, 0.15) is 0 Å². The Hall–Kier alpha value is -1.18. The lowest BCUT2D eigenvalue weighted by Crippen LogP contribution is -2.44. The molecule has 1 N–H and O–H groups in total. The van der Waals surface area contributed by atoms with Gasteiger partial charge in [-0.3, -0.25) is 4.79 Å². The van der Waals surface area contributed by atoms with Crippen molar-refractivity contribution in [2.75, 3.05) is 38.2 Å². The van der Waals surface area contributed by atoms with E-state index in [9.17, 15) is 4.79 Å². The van der Waals surface area contributed by atoms with Gasteiger partial charge in [0, 0.05) is 26.7 Å². The van der Waals surface area contributed by atoms with Gasteiger partial charge in [0.2, 0.25) is 0 Å². The molecule has 0 bridgehead atoms. The molecule has 0 saturated carbocycles. The molecular weight excluding hydrogens is 324 g/mol. The zero-order chi connectivity index (χ0) is 14.5. The lowest BCUT2D eigenvalue weighted by atomic mass is 10.2. The second kappa shape index (κ2) is 7.01. The molecule has 1 atom stereocenters. The molecule has 0 spiro atoms. The van der Waals surface area contributed by atoms with E-state index in [1.807, 2.05) is 11.9 Å². The summed E-state index contributed by atoms with van der Waals surface area (Å²) in [5, 5.41) is 7.44. The molecule has 20 heavy (non-hydrogen) atoms. The number of halogens is 1. The van der Waals surface area contributed by atoms with Gasteiger partial charge in [0.05, 0.1) is 31.1 Å². The average Bonchev–Trinajstić information content (AvgIpc) is 2.45. The lowest BCUT2D eigenvalue weighted by molar-refractivity contribution is 0.0340. The number of morpholine rings is 1. The number of anilines is 1. The Bertz CT molecular complexity index is 526. The summed E-state index contributed by atoms with van der Waals surface area (Å²) < 4.78 is 7.55. The summed E-state index contributed by atoms with van der Waals surface area (Å²) >= 11 is 3.36. The van der Waals surface area contributed by atoms with Crippen LogP contribution in [0.5, 0.6) is 0 Å². The van der Waals surface area contributed by atoms with Crippen molar-refractivity contribution >= 4 is 21.6 Å². The number of aromatic nitrogens is 2. The summed E-state index contributed by atoms with van der Waals surface area (Å²) in [4.78, 5) is 14.1. The minimum atomic E-state index is -0.156. The van der Waals surface area contributed by atoms with Crippen molar-refractivity contribution in [3.63, 3.8) is 0 Å². The summed E-state index contributed by atoms with van der Waals surface area (Å²) in [7, 11) is 1.93. The van der Waals surface area contributed by atoms with Gasteiger partial charge < -0.3 is 15.0 Å². The van der Waals surface area contributed by atoms with Crippen molar-refractivity contribution in [2.45, 2.75) is 12.6 Å². The predicted octanol–water partition coefficient (Wildman–Crippen LogP) is 0.616. The molecule has 0 radical (unpaired) electrons. The van der Waals surface area contributed by atoms with Gasteiger partial charge in [-0.25, -0.2) is 4.68 Å². The number of rotatable bonds is 5. The summed E-state index contributed by atoms with van der Waals surface area (Å²) in [6.45, 7) is 7.15. The minimum Gasteiger partial charge on any atom is -0.374 e. The second-order valence-electron chi connectivity index (χ2n) is 4.70. The van der Waals surface area contributed by atoms with Crippen LogP contribution in [-0.2, 0) is 11.3 Å². The fourth-order valence-corrected chi connectivity index (χ4v) is 2.73. The lowest BCUT2D eigenvalue weighted by Gasteiger charge is -2.29. The Morgan fingerprint density at radius 3 is 3.20 bits per heavy atom. The maximum atomic E-state index is 12.1. The smallest absolute Gasteiger partial charge is 0.283 e. The molecule has 1 aromatic heterocycles. The highest BCUT2D eigenvalue weighted by Gasteiger charge is 2.18. The van der Waals surface area contributed by atoms with E-state index in [2.05, 4.69) is 32.9 Å². The van der Waals surface area contributed by atoms with Gasteiger partial charge in [-0.15, -0.1) is 6.58 Å². The van der Waals surface area contributed by atoms with Gasteiger partial charge >= 0.3 is 0 Å². The third-order valence-electron chi connectivity index (χ3n) is 3.16. The standard InChI is InChI=1S/C13H19BrN4O2/c1-3-5-18-13(19)12(14)11(8-16-18)17(2)9-10-7-15-4-6-20-10/h3,8,10,15H,1,4-7,9H2,2H3. The van der Waals surface area contributed by atoms with Crippen LogP contribution in [-0.4, -0.2) is 49.2 Å². The number of allylic oxidation sites excluding steroid dienone is 1. The van der Waals surface area contributed by atoms with Crippen LogP contribution >= 0.6 is 15.9 Å². The number of nitrogens with zero attached hydrogens (tertiary/aromatic N) is 3. The number of nitrogens with one attached hydrogen (secondary N) is 1. The first-order chi connectivity index (χ1) is 9.63. The van der Waals surface area contributed by atoms with E-state index in [1.165, 1.54) is 4.68 Å². The Balaban J connectivity index is 2.13. The quantitative estimate of drug-likeness (QED) is 0.795. The zero-order valence-electron chi connectivity index (χ0n) is 11.5. The highest BCUT2D eigenvalue weighted by Crippen LogP contribution is 2.20. The summed E-state index contributed by atoms with van der Waals surface area (Å²) in [5.74, 6) is 0. The van der Waals surface area contributed by atoms with Crippen molar-refractivity contribution in [3.8, 4) is 0 Å². The highest BCUT2D eigenvalue weighted by molar-refractivity contribution is 9.10. The summed E-state index contributed by atoms with van der Waals surface area (Å²) in [6.07, 6.45) is 3.45. The van der Waals surface area contributed by atoms with E-state index in [-0.39, 0.29) is 11.7 Å². The molecule has 6 nitrogen and oxygen atoms in total. The molecule has 1 aliphatic rings. The van der Waals surface area contributed by atoms with Crippen molar-refractivity contribution in [1.29, 1.82) is 0 Å². The first-order valence-electron chi connectivity index (χ1n) is 6.53. The molecule has 0 aliphatic carbocycles. The maximum absolute atomic E-state index is 12.1. The minimum absolute atomic E-state index is 0.122. The molecule has 1 aromatic rings. The SMILES string of the molecule is C=CCn1ncc(N(C)CC2CNCCO2)c(Br)c1=O. The normalized spacial score (nSPS) is 18.8. The van der Waals surface area contributed by atoms with Gasteiger partial charge in [-0.2, -0.15) is 5.10 Å². The van der Waals surface area contributed by atoms with Gasteiger partial charge in [-0.05, 0) is 15.9 Å². The Labute approximate surface area is 126 Å². The predicted molar refractivity (Wildman–Crippen MR) is 82.3 cm³/mol. The Morgan fingerprint density at radius 1 is 1.75 bits per heavy atom. The van der Waals surface area contributed by atoms with Crippen LogP contribution in [0.3, 0.4) is 0 Å². The van der Waals surface area contributed by atoms with Crippen LogP contribution in [0, 0.1) is 0 Å². The van der Waals surface area contributed by atoms with E-state index in [4.69, 9.17) is 4.74 Å². The number of ether oxygens (including phenoxy) is 1. The van der Waals surface area contributed by atoms with Crippen molar-refractivity contribution < 1.29 is 4.74 Å². The molecule has 2 heterocycles. The molecule has 1 saturated heterocycles. The average molecular weight is 343 g/mol. The van der Waals surface area contributed by atoms with Gasteiger partial charge in [0.15, 0.2) is 0 Å². The molecule has 0 amide bonds. The molecule has 110 valence electrons. The van der Waals surface area contributed by atoms with E-state index in [0.29, 0.717) is 17.6 Å². The first-order valence-corrected chi connectivity index (χ1v) is 7.32. The fourth-order valence-electron chi connectivity index (χ4n) is 2.12. The molecule has 0 aromatic carbocycles. The van der Waals surface area contributed by atoms with Gasteiger partial charge in [0.25, 0.3) is 5.56 Å². The molecule has 7 heteroatoms. The molecule has 1 unspecified atom stereocenters. The third kappa shape index (κ3) is 3.47. The number of hydrogen-bond acceptors (Lipinski definition) is 5. The molecular formula is C13H19BrN4O2. The fraction of sp³-hybridized carbons (Fsp3) is 0.538. The molecule has 1 fully saturated rings. The summed E-state index contributed by atoms with van der Waals surface area (Å²) in [5.41, 5.74) is 0.612. The Morgan fingerprint density at radius 2 is 2.55 bits per heavy atom. The molecule has 1 aliphatic heterocycles. The van der Waals surface area contributed by atoms with Crippen molar-refractivity contribution in [3.05, 3.63) is 33.7 Å². The topological polar surface area (TPSA) is 59.4 Å². The first kappa shape index (κ1) is 15.2. The van der Waals surface area contributed by atoms with Crippen LogP contribution in [0.2, 0.25) is 0 Å². The van der Waals surface area contributed by atoms with Gasteiger partial charge in [-0.1, -0.05) is 6.08 Å². The van der Waals surface area contributed by atoms with E-state index >= 15 is 0 Å². The van der Waals surface area contributed by atoms with Crippen LogP contribution in [0.15, 0.2) is 28.1 Å². The van der Waals surface area contributed by atoms with Crippen molar-refractivity contribution in [2.24, 2.45) is 0 Å².